The molecule has 116 valence electrons. The molecule has 1 saturated carbocycles. The van der Waals surface area contributed by atoms with E-state index in [-0.39, 0.29) is 5.82 Å². The molecule has 0 aromatic heterocycles. The van der Waals surface area contributed by atoms with Crippen LogP contribution in [0.1, 0.15) is 31.2 Å². The molecule has 2 fully saturated rings. The Labute approximate surface area is 126 Å². The minimum atomic E-state index is -0.140. The van der Waals surface area contributed by atoms with Crippen molar-refractivity contribution in [1.29, 1.82) is 0 Å². The molecule has 0 atom stereocenters. The van der Waals surface area contributed by atoms with Crippen LogP contribution in [0.4, 0.5) is 10.1 Å². The summed E-state index contributed by atoms with van der Waals surface area (Å²) in [4.78, 5) is 2.18. The third kappa shape index (κ3) is 4.42. The Hall–Kier alpha value is -1.13. The lowest BCUT2D eigenvalue weighted by molar-refractivity contribution is 0.0685. The van der Waals surface area contributed by atoms with Gasteiger partial charge in [-0.25, -0.2) is 4.39 Å². The molecule has 0 unspecified atom stereocenters. The predicted octanol–water partition coefficient (Wildman–Crippen LogP) is 2.94. The van der Waals surface area contributed by atoms with Crippen LogP contribution in [-0.4, -0.2) is 32.8 Å². The summed E-state index contributed by atoms with van der Waals surface area (Å²) in [5, 5.41) is 3.45. The van der Waals surface area contributed by atoms with Crippen molar-refractivity contribution in [3.05, 3.63) is 29.6 Å². The lowest BCUT2D eigenvalue weighted by Crippen LogP contribution is -2.29. The molecular weight excluding hydrogens is 267 g/mol. The van der Waals surface area contributed by atoms with Gasteiger partial charge in [0.05, 0.1) is 0 Å². The number of halogens is 1. The third-order valence-electron chi connectivity index (χ3n) is 4.43. The van der Waals surface area contributed by atoms with Crippen LogP contribution in [0.25, 0.3) is 0 Å². The number of rotatable bonds is 6. The molecule has 1 aromatic rings. The zero-order valence-corrected chi connectivity index (χ0v) is 12.8. The van der Waals surface area contributed by atoms with Gasteiger partial charge in [-0.05, 0) is 55.4 Å². The number of hydrogen-bond donors (Lipinski definition) is 1. The van der Waals surface area contributed by atoms with Crippen molar-refractivity contribution in [1.82, 2.24) is 5.32 Å². The van der Waals surface area contributed by atoms with Gasteiger partial charge in [0, 0.05) is 45.1 Å². The fraction of sp³-hybridized carbons (Fsp3) is 0.647. The Morgan fingerprint density at radius 1 is 1.19 bits per heavy atom. The first-order valence-corrected chi connectivity index (χ1v) is 8.02. The summed E-state index contributed by atoms with van der Waals surface area (Å²) in [7, 11) is 2.06. The van der Waals surface area contributed by atoms with Gasteiger partial charge in [-0.3, -0.25) is 0 Å². The van der Waals surface area contributed by atoms with Crippen LogP contribution in [0.2, 0.25) is 0 Å². The first-order chi connectivity index (χ1) is 10.2. The first kappa shape index (κ1) is 14.8. The molecule has 0 amide bonds. The van der Waals surface area contributed by atoms with E-state index in [2.05, 4.69) is 23.3 Å². The van der Waals surface area contributed by atoms with Crippen molar-refractivity contribution in [3.8, 4) is 0 Å². The number of benzene rings is 1. The average Bonchev–Trinajstić information content (AvgIpc) is 3.30. The Bertz CT molecular complexity index is 470. The van der Waals surface area contributed by atoms with E-state index < -0.39 is 0 Å². The van der Waals surface area contributed by atoms with E-state index in [1.54, 1.807) is 12.1 Å². The van der Waals surface area contributed by atoms with E-state index >= 15 is 0 Å². The maximum absolute atomic E-state index is 13.8. The van der Waals surface area contributed by atoms with Crippen molar-refractivity contribution < 1.29 is 9.13 Å². The molecule has 0 bridgehead atoms. The molecule has 1 aromatic carbocycles. The van der Waals surface area contributed by atoms with Gasteiger partial charge in [-0.2, -0.15) is 0 Å². The van der Waals surface area contributed by atoms with Gasteiger partial charge >= 0.3 is 0 Å². The second-order valence-electron chi connectivity index (χ2n) is 6.41. The standard InChI is InChI=1S/C17H25FN2O/c1-20(12-13-4-6-21-7-5-13)17-9-14(8-15(18)10-17)11-19-16-2-3-16/h8-10,13,16,19H,2-7,11-12H2,1H3. The quantitative estimate of drug-likeness (QED) is 0.872. The van der Waals surface area contributed by atoms with E-state index in [4.69, 9.17) is 4.74 Å². The molecule has 1 aliphatic carbocycles. The van der Waals surface area contributed by atoms with Gasteiger partial charge < -0.3 is 15.0 Å². The van der Waals surface area contributed by atoms with Crippen LogP contribution in [0.15, 0.2) is 18.2 Å². The van der Waals surface area contributed by atoms with Crippen LogP contribution in [0, 0.1) is 11.7 Å². The van der Waals surface area contributed by atoms with Gasteiger partial charge in [0.1, 0.15) is 5.82 Å². The Kier molecular flexibility index (Phi) is 4.76. The van der Waals surface area contributed by atoms with Gasteiger partial charge in [0.25, 0.3) is 0 Å². The SMILES string of the molecule is CN(CC1CCOCC1)c1cc(F)cc(CNC2CC2)c1. The number of hydrogen-bond acceptors (Lipinski definition) is 3. The van der Waals surface area contributed by atoms with Crippen LogP contribution >= 0.6 is 0 Å². The normalized spacial score (nSPS) is 19.7. The summed E-state index contributed by atoms with van der Waals surface area (Å²) in [6.45, 7) is 3.46. The number of anilines is 1. The molecule has 1 aliphatic heterocycles. The largest absolute Gasteiger partial charge is 0.381 e. The molecule has 21 heavy (non-hydrogen) atoms. The minimum absolute atomic E-state index is 0.140. The highest BCUT2D eigenvalue weighted by Gasteiger charge is 2.20. The zero-order valence-electron chi connectivity index (χ0n) is 12.8. The Morgan fingerprint density at radius 3 is 2.67 bits per heavy atom. The van der Waals surface area contributed by atoms with Crippen molar-refractivity contribution in [3.63, 3.8) is 0 Å². The van der Waals surface area contributed by atoms with E-state index in [0.29, 0.717) is 12.0 Å². The highest BCUT2D eigenvalue weighted by Crippen LogP contribution is 2.23. The highest BCUT2D eigenvalue weighted by atomic mass is 19.1. The smallest absolute Gasteiger partial charge is 0.125 e. The molecule has 0 spiro atoms. The monoisotopic (exact) mass is 292 g/mol. The minimum Gasteiger partial charge on any atom is -0.381 e. The van der Waals surface area contributed by atoms with Crippen LogP contribution in [-0.2, 0) is 11.3 Å². The van der Waals surface area contributed by atoms with E-state index in [0.717, 1.165) is 50.4 Å². The molecule has 4 heteroatoms. The third-order valence-corrected chi connectivity index (χ3v) is 4.43. The lowest BCUT2D eigenvalue weighted by Gasteiger charge is -2.28. The molecule has 1 N–H and O–H groups in total. The Morgan fingerprint density at radius 2 is 1.95 bits per heavy atom. The fourth-order valence-electron chi connectivity index (χ4n) is 2.93. The van der Waals surface area contributed by atoms with Crippen molar-refractivity contribution >= 4 is 5.69 Å². The van der Waals surface area contributed by atoms with Gasteiger partial charge in [-0.15, -0.1) is 0 Å². The molecular formula is C17H25FN2O. The topological polar surface area (TPSA) is 24.5 Å². The summed E-state index contributed by atoms with van der Waals surface area (Å²) in [5.74, 6) is 0.513. The number of ether oxygens (including phenoxy) is 1. The molecule has 1 saturated heterocycles. The van der Waals surface area contributed by atoms with Crippen molar-refractivity contribution in [2.24, 2.45) is 5.92 Å². The molecule has 3 nitrogen and oxygen atoms in total. The van der Waals surface area contributed by atoms with E-state index in [1.807, 2.05) is 0 Å². The van der Waals surface area contributed by atoms with Crippen LogP contribution in [0.5, 0.6) is 0 Å². The average molecular weight is 292 g/mol. The summed E-state index contributed by atoms with van der Waals surface area (Å²) < 4.78 is 19.2. The summed E-state index contributed by atoms with van der Waals surface area (Å²) >= 11 is 0. The summed E-state index contributed by atoms with van der Waals surface area (Å²) in [6, 6.07) is 6.04. The molecule has 0 radical (unpaired) electrons. The fourth-order valence-corrected chi connectivity index (χ4v) is 2.93. The van der Waals surface area contributed by atoms with Crippen molar-refractivity contribution in [2.45, 2.75) is 38.3 Å². The summed E-state index contributed by atoms with van der Waals surface area (Å²) in [6.07, 6.45) is 4.73. The lowest BCUT2D eigenvalue weighted by atomic mass is 9.99. The highest BCUT2D eigenvalue weighted by molar-refractivity contribution is 5.48. The molecule has 3 rings (SSSR count). The van der Waals surface area contributed by atoms with Gasteiger partial charge in [-0.1, -0.05) is 0 Å². The van der Waals surface area contributed by atoms with E-state index in [1.165, 1.54) is 12.8 Å². The second-order valence-corrected chi connectivity index (χ2v) is 6.41. The predicted molar refractivity (Wildman–Crippen MR) is 83.1 cm³/mol. The van der Waals surface area contributed by atoms with Gasteiger partial charge in [0.15, 0.2) is 0 Å². The van der Waals surface area contributed by atoms with E-state index in [9.17, 15) is 4.39 Å². The summed E-state index contributed by atoms with van der Waals surface area (Å²) in [5.41, 5.74) is 2.02. The van der Waals surface area contributed by atoms with Crippen molar-refractivity contribution in [2.75, 3.05) is 31.7 Å². The maximum atomic E-state index is 13.8. The number of nitrogens with zero attached hydrogens (tertiary/aromatic N) is 1. The van der Waals surface area contributed by atoms with Crippen LogP contribution < -0.4 is 10.2 Å². The van der Waals surface area contributed by atoms with Crippen LogP contribution in [0.3, 0.4) is 0 Å². The molecule has 1 heterocycles. The Balaban J connectivity index is 1.61. The zero-order chi connectivity index (χ0) is 14.7. The first-order valence-electron chi connectivity index (χ1n) is 8.02. The second kappa shape index (κ2) is 6.75. The number of nitrogens with one attached hydrogen (secondary N) is 1. The van der Waals surface area contributed by atoms with Gasteiger partial charge in [0.2, 0.25) is 0 Å². The maximum Gasteiger partial charge on any atom is 0.125 e. The molecule has 2 aliphatic rings.